The number of aliphatic hydroxyl groups is 1. The van der Waals surface area contributed by atoms with Gasteiger partial charge in [-0.1, -0.05) is 37.3 Å². The number of rotatable bonds is 4. The molecule has 2 heteroatoms. The molecular weight excluding hydrogens is 210 g/mol. The molecule has 0 spiro atoms. The average molecular weight is 233 g/mol. The van der Waals surface area contributed by atoms with Gasteiger partial charge in [-0.2, -0.15) is 0 Å². The lowest BCUT2D eigenvalue weighted by atomic mass is 9.78. The summed E-state index contributed by atoms with van der Waals surface area (Å²) < 4.78 is 0. The summed E-state index contributed by atoms with van der Waals surface area (Å²) >= 11 is 0. The summed E-state index contributed by atoms with van der Waals surface area (Å²) in [5.74, 6) is 0. The smallest absolute Gasteiger partial charge is 0.0689 e. The second-order valence-electron chi connectivity index (χ2n) is 5.22. The molecular formula is C15H23NO. The van der Waals surface area contributed by atoms with Gasteiger partial charge in [0, 0.05) is 12.5 Å². The third-order valence-electron chi connectivity index (χ3n) is 3.79. The minimum Gasteiger partial charge on any atom is -0.390 e. The highest BCUT2D eigenvalue weighted by Crippen LogP contribution is 2.31. The lowest BCUT2D eigenvalue weighted by Gasteiger charge is -2.36. The normalized spacial score (nSPS) is 29.2. The molecule has 0 saturated heterocycles. The summed E-state index contributed by atoms with van der Waals surface area (Å²) in [7, 11) is 0. The Morgan fingerprint density at radius 1 is 1.24 bits per heavy atom. The molecule has 0 amide bonds. The first-order valence-electron chi connectivity index (χ1n) is 6.71. The van der Waals surface area contributed by atoms with Crippen LogP contribution < -0.4 is 5.32 Å². The maximum atomic E-state index is 10.6. The second kappa shape index (κ2) is 5.65. The average Bonchev–Trinajstić information content (AvgIpc) is 2.34. The Morgan fingerprint density at radius 3 is 2.47 bits per heavy atom. The van der Waals surface area contributed by atoms with Gasteiger partial charge in [-0.25, -0.2) is 0 Å². The molecule has 0 aromatic heterocycles. The van der Waals surface area contributed by atoms with E-state index in [1.54, 1.807) is 0 Å². The standard InChI is InChI=1S/C15H23NO/c1-2-16-14-8-10-15(17,11-9-14)12-13-6-4-3-5-7-13/h3-7,14,16-17H,2,8-12H2,1H3. The van der Waals surface area contributed by atoms with Gasteiger partial charge in [0.25, 0.3) is 0 Å². The molecule has 1 aliphatic carbocycles. The van der Waals surface area contributed by atoms with Crippen LogP contribution in [0.4, 0.5) is 0 Å². The van der Waals surface area contributed by atoms with E-state index in [1.807, 2.05) is 18.2 Å². The van der Waals surface area contributed by atoms with Crippen LogP contribution in [0.25, 0.3) is 0 Å². The van der Waals surface area contributed by atoms with Gasteiger partial charge in [0.05, 0.1) is 5.60 Å². The van der Waals surface area contributed by atoms with E-state index in [4.69, 9.17) is 0 Å². The fraction of sp³-hybridized carbons (Fsp3) is 0.600. The first-order valence-corrected chi connectivity index (χ1v) is 6.71. The Morgan fingerprint density at radius 2 is 1.88 bits per heavy atom. The van der Waals surface area contributed by atoms with Gasteiger partial charge < -0.3 is 10.4 Å². The van der Waals surface area contributed by atoms with Crippen LogP contribution in [-0.4, -0.2) is 23.3 Å². The topological polar surface area (TPSA) is 32.3 Å². The van der Waals surface area contributed by atoms with Gasteiger partial charge in [-0.15, -0.1) is 0 Å². The molecule has 1 aromatic carbocycles. The summed E-state index contributed by atoms with van der Waals surface area (Å²) in [5, 5.41) is 14.1. The molecule has 0 atom stereocenters. The molecule has 1 fully saturated rings. The lowest BCUT2D eigenvalue weighted by molar-refractivity contribution is -0.00294. The van der Waals surface area contributed by atoms with Crippen molar-refractivity contribution in [3.8, 4) is 0 Å². The summed E-state index contributed by atoms with van der Waals surface area (Å²) in [5.41, 5.74) is 0.768. The maximum absolute atomic E-state index is 10.6. The molecule has 1 aromatic rings. The van der Waals surface area contributed by atoms with E-state index < -0.39 is 5.60 Å². The first-order chi connectivity index (χ1) is 8.22. The Bertz CT molecular complexity index is 328. The molecule has 0 heterocycles. The Balaban J connectivity index is 1.89. The third kappa shape index (κ3) is 3.55. The molecule has 0 aliphatic heterocycles. The molecule has 0 unspecified atom stereocenters. The fourth-order valence-corrected chi connectivity index (χ4v) is 2.80. The SMILES string of the molecule is CCNC1CCC(O)(Cc2ccccc2)CC1. The van der Waals surface area contributed by atoms with Crippen molar-refractivity contribution in [3.05, 3.63) is 35.9 Å². The minimum atomic E-state index is -0.479. The van der Waals surface area contributed by atoms with E-state index >= 15 is 0 Å². The van der Waals surface area contributed by atoms with Gasteiger partial charge in [0.2, 0.25) is 0 Å². The quantitative estimate of drug-likeness (QED) is 0.837. The number of nitrogens with one attached hydrogen (secondary N) is 1. The first kappa shape index (κ1) is 12.6. The second-order valence-corrected chi connectivity index (χ2v) is 5.22. The highest BCUT2D eigenvalue weighted by Gasteiger charge is 2.32. The van der Waals surface area contributed by atoms with E-state index in [2.05, 4.69) is 24.4 Å². The molecule has 2 N–H and O–H groups in total. The molecule has 0 bridgehead atoms. The van der Waals surface area contributed by atoms with Crippen molar-refractivity contribution in [2.24, 2.45) is 0 Å². The van der Waals surface area contributed by atoms with Crippen LogP contribution in [0.15, 0.2) is 30.3 Å². The van der Waals surface area contributed by atoms with Crippen LogP contribution in [0.2, 0.25) is 0 Å². The van der Waals surface area contributed by atoms with E-state index in [9.17, 15) is 5.11 Å². The van der Waals surface area contributed by atoms with Crippen molar-refractivity contribution in [1.82, 2.24) is 5.32 Å². The molecule has 1 aliphatic rings. The van der Waals surface area contributed by atoms with Crippen LogP contribution in [0.5, 0.6) is 0 Å². The number of benzene rings is 1. The molecule has 2 rings (SSSR count). The van der Waals surface area contributed by atoms with Crippen molar-refractivity contribution >= 4 is 0 Å². The highest BCUT2D eigenvalue weighted by atomic mass is 16.3. The largest absolute Gasteiger partial charge is 0.390 e. The van der Waals surface area contributed by atoms with E-state index in [-0.39, 0.29) is 0 Å². The molecule has 17 heavy (non-hydrogen) atoms. The van der Waals surface area contributed by atoms with Crippen LogP contribution in [0.1, 0.15) is 38.2 Å². The van der Waals surface area contributed by atoms with Crippen LogP contribution in [0, 0.1) is 0 Å². The molecule has 94 valence electrons. The molecule has 1 saturated carbocycles. The van der Waals surface area contributed by atoms with Crippen molar-refractivity contribution in [2.45, 2.75) is 50.7 Å². The van der Waals surface area contributed by atoms with E-state index in [0.717, 1.165) is 38.6 Å². The number of hydrogen-bond acceptors (Lipinski definition) is 2. The van der Waals surface area contributed by atoms with Gasteiger partial charge in [0.1, 0.15) is 0 Å². The maximum Gasteiger partial charge on any atom is 0.0689 e. The Hall–Kier alpha value is -0.860. The summed E-state index contributed by atoms with van der Waals surface area (Å²) in [6.45, 7) is 3.17. The predicted octanol–water partition coefficient (Wildman–Crippen LogP) is 2.51. The summed E-state index contributed by atoms with van der Waals surface area (Å²) in [4.78, 5) is 0. The Kier molecular flexibility index (Phi) is 4.19. The molecule has 0 radical (unpaired) electrons. The van der Waals surface area contributed by atoms with E-state index in [1.165, 1.54) is 5.56 Å². The zero-order chi connectivity index (χ0) is 12.1. The van der Waals surface area contributed by atoms with Crippen LogP contribution >= 0.6 is 0 Å². The van der Waals surface area contributed by atoms with Crippen LogP contribution in [-0.2, 0) is 6.42 Å². The third-order valence-corrected chi connectivity index (χ3v) is 3.79. The van der Waals surface area contributed by atoms with Crippen molar-refractivity contribution in [2.75, 3.05) is 6.54 Å². The zero-order valence-corrected chi connectivity index (χ0v) is 10.7. The van der Waals surface area contributed by atoms with Crippen molar-refractivity contribution < 1.29 is 5.11 Å². The summed E-state index contributed by atoms with van der Waals surface area (Å²) in [6.07, 6.45) is 4.82. The van der Waals surface area contributed by atoms with Gasteiger partial charge in [-0.05, 0) is 37.8 Å². The monoisotopic (exact) mass is 233 g/mol. The molecule has 2 nitrogen and oxygen atoms in total. The zero-order valence-electron chi connectivity index (χ0n) is 10.7. The summed E-state index contributed by atoms with van der Waals surface area (Å²) in [6, 6.07) is 10.9. The predicted molar refractivity (Wildman–Crippen MR) is 71.0 cm³/mol. The van der Waals surface area contributed by atoms with Gasteiger partial charge in [0.15, 0.2) is 0 Å². The number of hydrogen-bond donors (Lipinski definition) is 2. The van der Waals surface area contributed by atoms with Gasteiger partial charge in [-0.3, -0.25) is 0 Å². The van der Waals surface area contributed by atoms with Gasteiger partial charge >= 0.3 is 0 Å². The van der Waals surface area contributed by atoms with E-state index in [0.29, 0.717) is 6.04 Å². The Labute approximate surface area is 104 Å². The van der Waals surface area contributed by atoms with Crippen molar-refractivity contribution in [3.63, 3.8) is 0 Å². The minimum absolute atomic E-state index is 0.479. The highest BCUT2D eigenvalue weighted by molar-refractivity contribution is 5.17. The fourth-order valence-electron chi connectivity index (χ4n) is 2.80. The van der Waals surface area contributed by atoms with Crippen LogP contribution in [0.3, 0.4) is 0 Å². The van der Waals surface area contributed by atoms with Crippen molar-refractivity contribution in [1.29, 1.82) is 0 Å². The lowest BCUT2D eigenvalue weighted by Crippen LogP contribution is -2.42.